The highest BCUT2D eigenvalue weighted by atomic mass is 16.4. The van der Waals surface area contributed by atoms with Crippen molar-refractivity contribution >= 4 is 17.5 Å². The molecule has 0 aliphatic heterocycles. The maximum Gasteiger partial charge on any atom is 0.310 e. The summed E-state index contributed by atoms with van der Waals surface area (Å²) in [6.45, 7) is 3.16. The molecule has 0 fully saturated rings. The number of rotatable bonds is 4. The second kappa shape index (κ2) is 4.72. The van der Waals surface area contributed by atoms with Gasteiger partial charge < -0.3 is 14.8 Å². The molecular formula is C13H15N3O3. The SMILES string of the molecule is CC(C)(CNC(=O)c1cn2ccccc2n1)C(=O)O. The average Bonchev–Trinajstić information content (AvgIpc) is 2.79. The van der Waals surface area contributed by atoms with Crippen molar-refractivity contribution in [2.45, 2.75) is 13.8 Å². The number of aliphatic carboxylic acids is 1. The Morgan fingerprint density at radius 1 is 1.42 bits per heavy atom. The van der Waals surface area contributed by atoms with E-state index in [-0.39, 0.29) is 18.1 Å². The maximum absolute atomic E-state index is 11.9. The predicted octanol–water partition coefficient (Wildman–Crippen LogP) is 1.17. The summed E-state index contributed by atoms with van der Waals surface area (Å²) in [6.07, 6.45) is 3.40. The highest BCUT2D eigenvalue weighted by Crippen LogP contribution is 2.13. The van der Waals surface area contributed by atoms with E-state index in [1.165, 1.54) is 0 Å². The van der Waals surface area contributed by atoms with E-state index in [0.717, 1.165) is 0 Å². The fraction of sp³-hybridized carbons (Fsp3) is 0.308. The molecule has 2 aromatic rings. The van der Waals surface area contributed by atoms with Gasteiger partial charge in [0.2, 0.25) is 0 Å². The normalized spacial score (nSPS) is 11.5. The number of hydrogen-bond acceptors (Lipinski definition) is 3. The second-order valence-electron chi connectivity index (χ2n) is 4.96. The molecule has 6 heteroatoms. The number of hydrogen-bond donors (Lipinski definition) is 2. The Morgan fingerprint density at radius 2 is 2.16 bits per heavy atom. The Hall–Kier alpha value is -2.37. The molecule has 0 saturated heterocycles. The van der Waals surface area contributed by atoms with Crippen molar-refractivity contribution in [3.63, 3.8) is 0 Å². The molecule has 1 amide bonds. The molecule has 2 aromatic heterocycles. The van der Waals surface area contributed by atoms with Crippen LogP contribution in [0.15, 0.2) is 30.6 Å². The minimum atomic E-state index is -1.01. The number of fused-ring (bicyclic) bond motifs is 1. The quantitative estimate of drug-likeness (QED) is 0.865. The molecule has 0 spiro atoms. The first-order chi connectivity index (χ1) is 8.90. The molecule has 2 N–H and O–H groups in total. The van der Waals surface area contributed by atoms with Gasteiger partial charge in [0.05, 0.1) is 5.41 Å². The van der Waals surface area contributed by atoms with Gasteiger partial charge in [0.15, 0.2) is 0 Å². The van der Waals surface area contributed by atoms with Crippen molar-refractivity contribution in [1.29, 1.82) is 0 Å². The Kier molecular flexibility index (Phi) is 3.25. The predicted molar refractivity (Wildman–Crippen MR) is 68.9 cm³/mol. The number of aromatic nitrogens is 2. The number of nitrogens with one attached hydrogen (secondary N) is 1. The number of pyridine rings is 1. The standard InChI is InChI=1S/C13H15N3O3/c1-13(2,12(18)19)8-14-11(17)9-7-16-6-4-3-5-10(16)15-9/h3-7H,8H2,1-2H3,(H,14,17)(H,18,19). The van der Waals surface area contributed by atoms with Gasteiger partial charge in [-0.05, 0) is 26.0 Å². The van der Waals surface area contributed by atoms with Crippen LogP contribution in [-0.2, 0) is 4.79 Å². The van der Waals surface area contributed by atoms with Crippen LogP contribution in [0.3, 0.4) is 0 Å². The molecule has 0 atom stereocenters. The van der Waals surface area contributed by atoms with Gasteiger partial charge in [0, 0.05) is 18.9 Å². The molecular weight excluding hydrogens is 246 g/mol. The zero-order valence-corrected chi connectivity index (χ0v) is 10.8. The number of nitrogens with zero attached hydrogens (tertiary/aromatic N) is 2. The lowest BCUT2D eigenvalue weighted by Crippen LogP contribution is -2.39. The summed E-state index contributed by atoms with van der Waals surface area (Å²) in [5.41, 5.74) is -0.0630. The number of carbonyl (C=O) groups is 2. The largest absolute Gasteiger partial charge is 0.481 e. The van der Waals surface area contributed by atoms with Crippen LogP contribution < -0.4 is 5.32 Å². The topological polar surface area (TPSA) is 83.7 Å². The molecule has 0 aliphatic rings. The van der Waals surface area contributed by atoms with Crippen molar-refractivity contribution in [3.05, 3.63) is 36.3 Å². The summed E-state index contributed by atoms with van der Waals surface area (Å²) in [4.78, 5) is 27.0. The molecule has 100 valence electrons. The summed E-state index contributed by atoms with van der Waals surface area (Å²) in [7, 11) is 0. The van der Waals surface area contributed by atoms with Gasteiger partial charge in [-0.3, -0.25) is 9.59 Å². The van der Waals surface area contributed by atoms with E-state index in [0.29, 0.717) is 5.65 Å². The van der Waals surface area contributed by atoms with E-state index in [2.05, 4.69) is 10.3 Å². The smallest absolute Gasteiger partial charge is 0.310 e. The molecule has 0 unspecified atom stereocenters. The fourth-order valence-corrected chi connectivity index (χ4v) is 1.51. The number of amides is 1. The summed E-state index contributed by atoms with van der Waals surface area (Å²) >= 11 is 0. The van der Waals surface area contributed by atoms with Crippen LogP contribution >= 0.6 is 0 Å². The van der Waals surface area contributed by atoms with Crippen LogP contribution in [0.5, 0.6) is 0 Å². The van der Waals surface area contributed by atoms with Gasteiger partial charge in [-0.1, -0.05) is 6.07 Å². The molecule has 6 nitrogen and oxygen atoms in total. The first kappa shape index (κ1) is 13.1. The van der Waals surface area contributed by atoms with E-state index < -0.39 is 11.4 Å². The molecule has 0 bridgehead atoms. The molecule has 2 rings (SSSR count). The Bertz CT molecular complexity index is 598. The van der Waals surface area contributed by atoms with Crippen LogP contribution in [0.4, 0.5) is 0 Å². The summed E-state index contributed by atoms with van der Waals surface area (Å²) in [5, 5.41) is 11.6. The van der Waals surface area contributed by atoms with Crippen molar-refractivity contribution in [3.8, 4) is 0 Å². The minimum absolute atomic E-state index is 0.0506. The van der Waals surface area contributed by atoms with Crippen LogP contribution in [-0.4, -0.2) is 32.9 Å². The lowest BCUT2D eigenvalue weighted by Gasteiger charge is -2.18. The number of carbonyl (C=O) groups excluding carboxylic acids is 1. The summed E-state index contributed by atoms with van der Waals surface area (Å²) in [6, 6.07) is 5.46. The zero-order chi connectivity index (χ0) is 14.0. The summed E-state index contributed by atoms with van der Waals surface area (Å²) < 4.78 is 1.73. The minimum Gasteiger partial charge on any atom is -0.481 e. The molecule has 0 saturated carbocycles. The molecule has 0 radical (unpaired) electrons. The van der Waals surface area contributed by atoms with Gasteiger partial charge in [0.1, 0.15) is 11.3 Å². The van der Waals surface area contributed by atoms with Gasteiger partial charge in [-0.2, -0.15) is 0 Å². The lowest BCUT2D eigenvalue weighted by molar-refractivity contribution is -0.146. The van der Waals surface area contributed by atoms with Crippen LogP contribution in [0.1, 0.15) is 24.3 Å². The Morgan fingerprint density at radius 3 is 2.79 bits per heavy atom. The zero-order valence-electron chi connectivity index (χ0n) is 10.8. The van der Waals surface area contributed by atoms with Crippen LogP contribution in [0.2, 0.25) is 0 Å². The van der Waals surface area contributed by atoms with Gasteiger partial charge in [0.25, 0.3) is 5.91 Å². The van der Waals surface area contributed by atoms with Crippen molar-refractivity contribution in [2.24, 2.45) is 5.41 Å². The van der Waals surface area contributed by atoms with Crippen molar-refractivity contribution in [1.82, 2.24) is 14.7 Å². The monoisotopic (exact) mass is 261 g/mol. The van der Waals surface area contributed by atoms with Gasteiger partial charge >= 0.3 is 5.97 Å². The van der Waals surface area contributed by atoms with E-state index in [1.54, 1.807) is 36.7 Å². The number of carboxylic acids is 1. The fourth-order valence-electron chi connectivity index (χ4n) is 1.51. The molecule has 0 aliphatic carbocycles. The first-order valence-electron chi connectivity index (χ1n) is 5.85. The number of carboxylic acid groups (broad SMARTS) is 1. The molecule has 2 heterocycles. The van der Waals surface area contributed by atoms with E-state index >= 15 is 0 Å². The third-order valence-electron chi connectivity index (χ3n) is 2.87. The van der Waals surface area contributed by atoms with E-state index in [9.17, 15) is 9.59 Å². The average molecular weight is 261 g/mol. The van der Waals surface area contributed by atoms with Gasteiger partial charge in [-0.25, -0.2) is 4.98 Å². The van der Waals surface area contributed by atoms with E-state index in [1.807, 2.05) is 12.1 Å². The van der Waals surface area contributed by atoms with E-state index in [4.69, 9.17) is 5.11 Å². The highest BCUT2D eigenvalue weighted by molar-refractivity contribution is 5.93. The van der Waals surface area contributed by atoms with Crippen LogP contribution in [0, 0.1) is 5.41 Å². The summed E-state index contributed by atoms with van der Waals surface area (Å²) in [5.74, 6) is -1.33. The highest BCUT2D eigenvalue weighted by Gasteiger charge is 2.28. The lowest BCUT2D eigenvalue weighted by atomic mass is 9.94. The van der Waals surface area contributed by atoms with Gasteiger partial charge in [-0.15, -0.1) is 0 Å². The Balaban J connectivity index is 2.10. The molecule has 0 aromatic carbocycles. The first-order valence-corrected chi connectivity index (χ1v) is 5.85. The maximum atomic E-state index is 11.9. The Labute approximate surface area is 110 Å². The third kappa shape index (κ3) is 2.73. The number of imidazole rings is 1. The van der Waals surface area contributed by atoms with Crippen molar-refractivity contribution in [2.75, 3.05) is 6.54 Å². The molecule has 19 heavy (non-hydrogen) atoms. The third-order valence-corrected chi connectivity index (χ3v) is 2.87. The van der Waals surface area contributed by atoms with Crippen LogP contribution in [0.25, 0.3) is 5.65 Å². The van der Waals surface area contributed by atoms with Crippen molar-refractivity contribution < 1.29 is 14.7 Å². The second-order valence-corrected chi connectivity index (χ2v) is 4.96.